The molecule has 1 fully saturated rings. The van der Waals surface area contributed by atoms with Gasteiger partial charge in [-0.2, -0.15) is 0 Å². The van der Waals surface area contributed by atoms with Crippen molar-refractivity contribution in [1.29, 1.82) is 0 Å². The number of nitrogens with one attached hydrogen (secondary N) is 2. The highest BCUT2D eigenvalue weighted by molar-refractivity contribution is 6.42. The molecular weight excluding hydrogens is 333 g/mol. The summed E-state index contributed by atoms with van der Waals surface area (Å²) >= 11 is 11.8. The quantitative estimate of drug-likeness (QED) is 0.875. The fraction of sp³-hybridized carbons (Fsp3) is 0.500. The van der Waals surface area contributed by atoms with Crippen LogP contribution in [0.1, 0.15) is 12.8 Å². The number of likely N-dealkylation sites (tertiary alicyclic amines) is 1. The molecule has 2 rings (SSSR count). The van der Waals surface area contributed by atoms with E-state index in [0.29, 0.717) is 28.3 Å². The maximum Gasteiger partial charge on any atom is 0.238 e. The standard InChI is InChI=1S/C14H19Cl2N3O.ClH/c1-17-11-3-2-6-19(8-11)9-14(20)18-10-4-5-12(15)13(16)7-10;/h4-5,7,11,17H,2-3,6,8-9H2,1H3,(H,18,20);1H. The molecule has 1 amide bonds. The molecule has 1 heterocycles. The normalized spacial score (nSPS) is 18.9. The van der Waals surface area contributed by atoms with Gasteiger partial charge in [-0.15, -0.1) is 12.4 Å². The summed E-state index contributed by atoms with van der Waals surface area (Å²) < 4.78 is 0. The topological polar surface area (TPSA) is 44.4 Å². The highest BCUT2D eigenvalue weighted by Gasteiger charge is 2.20. The minimum Gasteiger partial charge on any atom is -0.325 e. The molecule has 1 unspecified atom stereocenters. The van der Waals surface area contributed by atoms with E-state index in [0.717, 1.165) is 19.5 Å². The van der Waals surface area contributed by atoms with E-state index in [4.69, 9.17) is 23.2 Å². The molecule has 1 saturated heterocycles. The fourth-order valence-corrected chi connectivity index (χ4v) is 2.71. The first-order valence-corrected chi connectivity index (χ1v) is 7.48. The number of hydrogen-bond acceptors (Lipinski definition) is 3. The van der Waals surface area contributed by atoms with Crippen LogP contribution < -0.4 is 10.6 Å². The third-order valence-electron chi connectivity index (χ3n) is 3.48. The van der Waals surface area contributed by atoms with Crippen molar-refractivity contribution in [2.75, 3.05) is 32.0 Å². The number of benzene rings is 1. The summed E-state index contributed by atoms with van der Waals surface area (Å²) in [5.74, 6) is -0.0276. The van der Waals surface area contributed by atoms with Gasteiger partial charge in [0.25, 0.3) is 0 Å². The molecule has 1 atom stereocenters. The zero-order valence-electron chi connectivity index (χ0n) is 11.9. The van der Waals surface area contributed by atoms with Crippen LogP contribution in [0.2, 0.25) is 10.0 Å². The molecule has 0 aromatic heterocycles. The number of piperidine rings is 1. The number of carbonyl (C=O) groups excluding carboxylic acids is 1. The number of halogens is 3. The summed E-state index contributed by atoms with van der Waals surface area (Å²) in [5, 5.41) is 7.04. The molecule has 4 nitrogen and oxygen atoms in total. The van der Waals surface area contributed by atoms with Crippen molar-refractivity contribution in [3.05, 3.63) is 28.2 Å². The minimum absolute atomic E-state index is 0. The van der Waals surface area contributed by atoms with E-state index in [1.807, 2.05) is 7.05 Å². The number of anilines is 1. The number of carbonyl (C=O) groups is 1. The maximum absolute atomic E-state index is 12.0. The van der Waals surface area contributed by atoms with E-state index in [9.17, 15) is 4.79 Å². The van der Waals surface area contributed by atoms with Gasteiger partial charge in [-0.05, 0) is 44.6 Å². The highest BCUT2D eigenvalue weighted by atomic mass is 35.5. The van der Waals surface area contributed by atoms with Crippen molar-refractivity contribution in [2.45, 2.75) is 18.9 Å². The highest BCUT2D eigenvalue weighted by Crippen LogP contribution is 2.25. The smallest absolute Gasteiger partial charge is 0.238 e. The Bertz CT molecular complexity index is 485. The fourth-order valence-electron chi connectivity index (χ4n) is 2.41. The van der Waals surface area contributed by atoms with E-state index in [1.54, 1.807) is 18.2 Å². The van der Waals surface area contributed by atoms with E-state index in [-0.39, 0.29) is 18.3 Å². The Morgan fingerprint density at radius 3 is 2.81 bits per heavy atom. The van der Waals surface area contributed by atoms with Crippen molar-refractivity contribution in [3.63, 3.8) is 0 Å². The summed E-state index contributed by atoms with van der Waals surface area (Å²) in [5.41, 5.74) is 0.673. The molecule has 1 aromatic carbocycles. The van der Waals surface area contributed by atoms with Crippen LogP contribution in [0.15, 0.2) is 18.2 Å². The molecule has 118 valence electrons. The third-order valence-corrected chi connectivity index (χ3v) is 4.22. The van der Waals surface area contributed by atoms with E-state index in [1.165, 1.54) is 6.42 Å². The van der Waals surface area contributed by atoms with Crippen molar-refractivity contribution in [2.24, 2.45) is 0 Å². The molecule has 0 bridgehead atoms. The van der Waals surface area contributed by atoms with Crippen LogP contribution in [-0.4, -0.2) is 43.5 Å². The molecule has 7 heteroatoms. The molecule has 0 radical (unpaired) electrons. The number of nitrogens with zero attached hydrogens (tertiary/aromatic N) is 1. The van der Waals surface area contributed by atoms with Gasteiger partial charge in [0.2, 0.25) is 5.91 Å². The Labute approximate surface area is 141 Å². The Morgan fingerprint density at radius 1 is 1.38 bits per heavy atom. The van der Waals surface area contributed by atoms with Gasteiger partial charge >= 0.3 is 0 Å². The van der Waals surface area contributed by atoms with Gasteiger partial charge in [0, 0.05) is 18.3 Å². The van der Waals surface area contributed by atoms with E-state index < -0.39 is 0 Å². The largest absolute Gasteiger partial charge is 0.325 e. The second-order valence-electron chi connectivity index (χ2n) is 5.04. The molecule has 0 aliphatic carbocycles. The molecule has 1 aliphatic rings. The molecule has 0 saturated carbocycles. The molecule has 1 aliphatic heterocycles. The first kappa shape index (κ1) is 18.5. The Hall–Kier alpha value is -0.520. The Morgan fingerprint density at radius 2 is 2.14 bits per heavy atom. The average molecular weight is 353 g/mol. The lowest BCUT2D eigenvalue weighted by atomic mass is 10.1. The summed E-state index contributed by atoms with van der Waals surface area (Å²) in [7, 11) is 1.96. The number of hydrogen-bond donors (Lipinski definition) is 2. The van der Waals surface area contributed by atoms with Crippen molar-refractivity contribution >= 4 is 47.2 Å². The molecule has 0 spiro atoms. The first-order chi connectivity index (χ1) is 9.58. The van der Waals surface area contributed by atoms with Crippen molar-refractivity contribution in [3.8, 4) is 0 Å². The first-order valence-electron chi connectivity index (χ1n) is 6.73. The lowest BCUT2D eigenvalue weighted by molar-refractivity contribution is -0.117. The van der Waals surface area contributed by atoms with E-state index >= 15 is 0 Å². The molecule has 2 N–H and O–H groups in total. The van der Waals surface area contributed by atoms with Gasteiger partial charge in [-0.3, -0.25) is 9.69 Å². The van der Waals surface area contributed by atoms with Crippen LogP contribution in [0.4, 0.5) is 5.69 Å². The van der Waals surface area contributed by atoms with Gasteiger partial charge in [0.1, 0.15) is 0 Å². The summed E-state index contributed by atoms with van der Waals surface area (Å²) in [6.07, 6.45) is 2.28. The second-order valence-corrected chi connectivity index (χ2v) is 5.85. The van der Waals surface area contributed by atoms with Gasteiger partial charge in [-0.1, -0.05) is 23.2 Å². The van der Waals surface area contributed by atoms with Gasteiger partial charge in [0.15, 0.2) is 0 Å². The van der Waals surface area contributed by atoms with Crippen LogP contribution in [0.3, 0.4) is 0 Å². The van der Waals surface area contributed by atoms with E-state index in [2.05, 4.69) is 15.5 Å². The summed E-state index contributed by atoms with van der Waals surface area (Å²) in [4.78, 5) is 14.2. The van der Waals surface area contributed by atoms with Gasteiger partial charge < -0.3 is 10.6 Å². The van der Waals surface area contributed by atoms with Crippen molar-refractivity contribution < 1.29 is 4.79 Å². The monoisotopic (exact) mass is 351 g/mol. The summed E-state index contributed by atoms with van der Waals surface area (Å²) in [6, 6.07) is 5.56. The number of rotatable bonds is 4. The summed E-state index contributed by atoms with van der Waals surface area (Å²) in [6.45, 7) is 2.27. The van der Waals surface area contributed by atoms with Crippen molar-refractivity contribution in [1.82, 2.24) is 10.2 Å². The lowest BCUT2D eigenvalue weighted by Gasteiger charge is -2.31. The van der Waals surface area contributed by atoms with Gasteiger partial charge in [0.05, 0.1) is 16.6 Å². The second kappa shape index (κ2) is 8.81. The third kappa shape index (κ3) is 5.64. The Balaban J connectivity index is 0.00000220. The number of likely N-dealkylation sites (N-methyl/N-ethyl adjacent to an activating group) is 1. The van der Waals surface area contributed by atoms with Crippen LogP contribution in [0.5, 0.6) is 0 Å². The molecule has 21 heavy (non-hydrogen) atoms. The molecule has 1 aromatic rings. The Kier molecular flexibility index (Phi) is 7.77. The maximum atomic E-state index is 12.0. The van der Waals surface area contributed by atoms with Crippen LogP contribution in [-0.2, 0) is 4.79 Å². The molecular formula is C14H20Cl3N3O. The minimum atomic E-state index is -0.0276. The van der Waals surface area contributed by atoms with Crippen LogP contribution in [0.25, 0.3) is 0 Å². The lowest BCUT2D eigenvalue weighted by Crippen LogP contribution is -2.46. The predicted molar refractivity (Wildman–Crippen MR) is 90.9 cm³/mol. The van der Waals surface area contributed by atoms with Gasteiger partial charge in [-0.25, -0.2) is 0 Å². The predicted octanol–water partition coefficient (Wildman–Crippen LogP) is 3.04. The average Bonchev–Trinajstić information content (AvgIpc) is 2.43. The zero-order valence-corrected chi connectivity index (χ0v) is 14.2. The number of amides is 1. The SMILES string of the molecule is CNC1CCCN(CC(=O)Nc2ccc(Cl)c(Cl)c2)C1.Cl. The zero-order chi connectivity index (χ0) is 14.5. The van der Waals surface area contributed by atoms with Crippen LogP contribution >= 0.6 is 35.6 Å². The van der Waals surface area contributed by atoms with Crippen LogP contribution in [0, 0.1) is 0 Å².